The number of hydrogen-bond donors (Lipinski definition) is 2. The van der Waals surface area contributed by atoms with Crippen molar-refractivity contribution in [2.75, 3.05) is 13.2 Å². The maximum Gasteiger partial charge on any atom is 0.143 e. The van der Waals surface area contributed by atoms with Crippen molar-refractivity contribution in [1.29, 1.82) is 0 Å². The van der Waals surface area contributed by atoms with Crippen LogP contribution in [0.1, 0.15) is 18.5 Å². The Bertz CT molecular complexity index is 457. The average Bonchev–Trinajstić information content (AvgIpc) is 2.90. The van der Waals surface area contributed by atoms with E-state index in [9.17, 15) is 0 Å². The van der Waals surface area contributed by atoms with Crippen molar-refractivity contribution in [3.05, 3.63) is 36.2 Å². The summed E-state index contributed by atoms with van der Waals surface area (Å²) in [5.41, 5.74) is 2.05. The van der Waals surface area contributed by atoms with Gasteiger partial charge >= 0.3 is 0 Å². The summed E-state index contributed by atoms with van der Waals surface area (Å²) in [6.07, 6.45) is 1.56. The van der Waals surface area contributed by atoms with Crippen molar-refractivity contribution in [1.82, 2.24) is 25.5 Å². The van der Waals surface area contributed by atoms with Gasteiger partial charge < -0.3 is 10.4 Å². The highest BCUT2D eigenvalue weighted by Gasteiger charge is 2.06. The molecule has 0 saturated heterocycles. The Morgan fingerprint density at radius 1 is 1.47 bits per heavy atom. The molecule has 0 saturated carbocycles. The Labute approximate surface area is 99.3 Å². The highest BCUT2D eigenvalue weighted by atomic mass is 16.3. The second-order valence-corrected chi connectivity index (χ2v) is 3.75. The summed E-state index contributed by atoms with van der Waals surface area (Å²) in [5.74, 6) is 0. The third-order valence-corrected chi connectivity index (χ3v) is 2.55. The highest BCUT2D eigenvalue weighted by Crippen LogP contribution is 2.15. The van der Waals surface area contributed by atoms with E-state index in [1.165, 1.54) is 0 Å². The van der Waals surface area contributed by atoms with E-state index in [1.807, 2.05) is 31.2 Å². The van der Waals surface area contributed by atoms with E-state index in [-0.39, 0.29) is 12.6 Å². The zero-order valence-corrected chi connectivity index (χ0v) is 9.61. The first-order chi connectivity index (χ1) is 8.31. The van der Waals surface area contributed by atoms with Gasteiger partial charge in [-0.3, -0.25) is 0 Å². The minimum atomic E-state index is 0.136. The second-order valence-electron chi connectivity index (χ2n) is 3.75. The van der Waals surface area contributed by atoms with Crippen molar-refractivity contribution in [2.45, 2.75) is 13.0 Å². The van der Waals surface area contributed by atoms with Gasteiger partial charge in [-0.15, -0.1) is 5.10 Å². The summed E-state index contributed by atoms with van der Waals surface area (Å²) in [5, 5.41) is 23.0. The predicted octanol–water partition coefficient (Wildman–Crippen LogP) is 0.305. The number of benzene rings is 1. The van der Waals surface area contributed by atoms with E-state index >= 15 is 0 Å². The van der Waals surface area contributed by atoms with Crippen LogP contribution in [0.2, 0.25) is 0 Å². The molecule has 6 heteroatoms. The van der Waals surface area contributed by atoms with E-state index in [0.29, 0.717) is 6.54 Å². The summed E-state index contributed by atoms with van der Waals surface area (Å²) in [6, 6.07) is 8.13. The summed E-state index contributed by atoms with van der Waals surface area (Å²) in [6.45, 7) is 2.77. The van der Waals surface area contributed by atoms with Crippen LogP contribution in [0.25, 0.3) is 5.69 Å². The maximum absolute atomic E-state index is 8.77. The summed E-state index contributed by atoms with van der Waals surface area (Å²) >= 11 is 0. The molecule has 0 aliphatic heterocycles. The van der Waals surface area contributed by atoms with Crippen LogP contribution in [0.15, 0.2) is 30.6 Å². The molecule has 1 unspecified atom stereocenters. The molecule has 0 radical (unpaired) electrons. The van der Waals surface area contributed by atoms with Crippen molar-refractivity contribution in [3.63, 3.8) is 0 Å². The second kappa shape index (κ2) is 5.51. The Morgan fingerprint density at radius 2 is 2.35 bits per heavy atom. The lowest BCUT2D eigenvalue weighted by atomic mass is 10.1. The molecule has 6 nitrogen and oxygen atoms in total. The van der Waals surface area contributed by atoms with Crippen molar-refractivity contribution >= 4 is 0 Å². The third-order valence-electron chi connectivity index (χ3n) is 2.55. The standard InChI is InChI=1S/C11H15N5O/c1-9(12-5-6-17)10-3-2-4-11(7-10)16-8-13-14-15-16/h2-4,7-9,12,17H,5-6H2,1H3. The van der Waals surface area contributed by atoms with Gasteiger partial charge in [0.25, 0.3) is 0 Å². The molecule has 0 fully saturated rings. The number of aromatic nitrogens is 4. The monoisotopic (exact) mass is 233 g/mol. The van der Waals surface area contributed by atoms with Gasteiger partial charge in [-0.05, 0) is 35.0 Å². The molecule has 1 aromatic carbocycles. The zero-order valence-electron chi connectivity index (χ0n) is 9.61. The van der Waals surface area contributed by atoms with E-state index in [2.05, 4.69) is 20.8 Å². The van der Waals surface area contributed by atoms with Crippen LogP contribution >= 0.6 is 0 Å². The predicted molar refractivity (Wildman–Crippen MR) is 62.7 cm³/mol. The van der Waals surface area contributed by atoms with Crippen molar-refractivity contribution in [2.24, 2.45) is 0 Å². The van der Waals surface area contributed by atoms with Crippen LogP contribution < -0.4 is 5.32 Å². The maximum atomic E-state index is 8.77. The summed E-state index contributed by atoms with van der Waals surface area (Å²) in [4.78, 5) is 0. The Morgan fingerprint density at radius 3 is 3.06 bits per heavy atom. The first kappa shape index (κ1) is 11.7. The SMILES string of the molecule is CC(NCCO)c1cccc(-n2cnnn2)c1. The van der Waals surface area contributed by atoms with Crippen LogP contribution in [-0.2, 0) is 0 Å². The van der Waals surface area contributed by atoms with Gasteiger partial charge in [-0.2, -0.15) is 0 Å². The topological polar surface area (TPSA) is 75.9 Å². The van der Waals surface area contributed by atoms with Gasteiger partial charge in [0.05, 0.1) is 12.3 Å². The molecule has 2 N–H and O–H groups in total. The largest absolute Gasteiger partial charge is 0.395 e. The van der Waals surface area contributed by atoms with E-state index in [0.717, 1.165) is 11.3 Å². The first-order valence-corrected chi connectivity index (χ1v) is 5.49. The lowest BCUT2D eigenvalue weighted by Crippen LogP contribution is -2.22. The van der Waals surface area contributed by atoms with Crippen molar-refractivity contribution in [3.8, 4) is 5.69 Å². The summed E-state index contributed by atoms with van der Waals surface area (Å²) in [7, 11) is 0. The Hall–Kier alpha value is -1.79. The fourth-order valence-electron chi connectivity index (χ4n) is 1.62. The number of hydrogen-bond acceptors (Lipinski definition) is 5. The molecule has 0 aliphatic carbocycles. The lowest BCUT2D eigenvalue weighted by Gasteiger charge is -2.14. The number of tetrazole rings is 1. The van der Waals surface area contributed by atoms with Crippen LogP contribution in [0, 0.1) is 0 Å². The molecule has 2 rings (SSSR count). The molecule has 0 amide bonds. The molecule has 90 valence electrons. The molecular weight excluding hydrogens is 218 g/mol. The number of aliphatic hydroxyl groups excluding tert-OH is 1. The summed E-state index contributed by atoms with van der Waals surface area (Å²) < 4.78 is 1.61. The normalized spacial score (nSPS) is 12.6. The molecule has 2 aromatic rings. The van der Waals surface area contributed by atoms with Gasteiger partial charge in [0.2, 0.25) is 0 Å². The number of rotatable bonds is 5. The van der Waals surface area contributed by atoms with Crippen LogP contribution in [0.5, 0.6) is 0 Å². The minimum Gasteiger partial charge on any atom is -0.395 e. The quantitative estimate of drug-likeness (QED) is 0.777. The molecule has 17 heavy (non-hydrogen) atoms. The van der Waals surface area contributed by atoms with Crippen molar-refractivity contribution < 1.29 is 5.11 Å². The Balaban J connectivity index is 2.17. The molecule has 1 atom stereocenters. The Kier molecular flexibility index (Phi) is 3.79. The number of aliphatic hydroxyl groups is 1. The number of nitrogens with zero attached hydrogens (tertiary/aromatic N) is 4. The van der Waals surface area contributed by atoms with Gasteiger partial charge in [0, 0.05) is 12.6 Å². The van der Waals surface area contributed by atoms with Crippen LogP contribution in [0.3, 0.4) is 0 Å². The average molecular weight is 233 g/mol. The fraction of sp³-hybridized carbons (Fsp3) is 0.364. The van der Waals surface area contributed by atoms with Crippen LogP contribution in [0.4, 0.5) is 0 Å². The van der Waals surface area contributed by atoms with Gasteiger partial charge in [-0.25, -0.2) is 4.68 Å². The molecule has 0 bridgehead atoms. The van der Waals surface area contributed by atoms with Gasteiger partial charge in [-0.1, -0.05) is 12.1 Å². The van der Waals surface area contributed by atoms with E-state index < -0.39 is 0 Å². The fourth-order valence-corrected chi connectivity index (χ4v) is 1.62. The molecule has 1 heterocycles. The first-order valence-electron chi connectivity index (χ1n) is 5.49. The minimum absolute atomic E-state index is 0.136. The smallest absolute Gasteiger partial charge is 0.143 e. The van der Waals surface area contributed by atoms with Gasteiger partial charge in [0.1, 0.15) is 6.33 Å². The molecular formula is C11H15N5O. The lowest BCUT2D eigenvalue weighted by molar-refractivity contribution is 0.286. The number of nitrogens with one attached hydrogen (secondary N) is 1. The molecule has 1 aromatic heterocycles. The highest BCUT2D eigenvalue weighted by molar-refractivity contribution is 5.35. The third kappa shape index (κ3) is 2.86. The zero-order chi connectivity index (χ0) is 12.1. The van der Waals surface area contributed by atoms with E-state index in [1.54, 1.807) is 11.0 Å². The van der Waals surface area contributed by atoms with Crippen LogP contribution in [-0.4, -0.2) is 38.5 Å². The molecule has 0 aliphatic rings. The van der Waals surface area contributed by atoms with E-state index in [4.69, 9.17) is 5.11 Å². The molecule has 0 spiro atoms. The van der Waals surface area contributed by atoms with Gasteiger partial charge in [0.15, 0.2) is 0 Å².